The normalized spacial score (nSPS) is 13.9. The van der Waals surface area contributed by atoms with Crippen LogP contribution < -0.4 is 9.47 Å². The number of hydrogen-bond acceptors (Lipinski definition) is 4. The molecule has 0 unspecified atom stereocenters. The van der Waals surface area contributed by atoms with Crippen molar-refractivity contribution >= 4 is 29.4 Å². The van der Waals surface area contributed by atoms with Gasteiger partial charge in [-0.2, -0.15) is 0 Å². The maximum Gasteiger partial charge on any atom is 0.343 e. The number of esters is 1. The summed E-state index contributed by atoms with van der Waals surface area (Å²) in [7, 11) is 0. The van der Waals surface area contributed by atoms with Crippen LogP contribution in [0.25, 0.3) is 6.08 Å². The van der Waals surface area contributed by atoms with E-state index < -0.39 is 5.97 Å². The fraction of sp³-hybridized carbons (Fsp3) is 0.0435. The minimum atomic E-state index is -0.473. The fourth-order valence-electron chi connectivity index (χ4n) is 2.83. The van der Waals surface area contributed by atoms with Gasteiger partial charge in [-0.25, -0.2) is 4.79 Å². The van der Waals surface area contributed by atoms with E-state index in [0.717, 1.165) is 11.1 Å². The van der Waals surface area contributed by atoms with Gasteiger partial charge in [-0.3, -0.25) is 4.79 Å². The summed E-state index contributed by atoms with van der Waals surface area (Å²) in [6, 6.07) is 18.9. The highest BCUT2D eigenvalue weighted by atomic mass is 35.5. The van der Waals surface area contributed by atoms with Gasteiger partial charge in [-0.1, -0.05) is 41.4 Å². The van der Waals surface area contributed by atoms with E-state index in [2.05, 4.69) is 0 Å². The first-order chi connectivity index (χ1) is 13.5. The number of rotatable bonds is 3. The summed E-state index contributed by atoms with van der Waals surface area (Å²) in [5.74, 6) is 0.151. The van der Waals surface area contributed by atoms with Crippen LogP contribution in [-0.2, 0) is 0 Å². The monoisotopic (exact) mass is 390 g/mol. The molecular weight excluding hydrogens is 376 g/mol. The average molecular weight is 391 g/mol. The zero-order valence-electron chi connectivity index (χ0n) is 14.9. The number of ketones is 1. The van der Waals surface area contributed by atoms with Crippen LogP contribution in [0, 0.1) is 6.92 Å². The largest absolute Gasteiger partial charge is 0.452 e. The van der Waals surface area contributed by atoms with E-state index in [1.165, 1.54) is 6.07 Å². The van der Waals surface area contributed by atoms with Crippen LogP contribution in [-0.4, -0.2) is 11.8 Å². The number of ether oxygens (including phenoxy) is 2. The van der Waals surface area contributed by atoms with Crippen LogP contribution in [0.5, 0.6) is 11.5 Å². The number of carbonyl (C=O) groups excluding carboxylic acids is 2. The van der Waals surface area contributed by atoms with Gasteiger partial charge in [0.25, 0.3) is 0 Å². The van der Waals surface area contributed by atoms with E-state index in [0.29, 0.717) is 27.6 Å². The van der Waals surface area contributed by atoms with Gasteiger partial charge < -0.3 is 9.47 Å². The molecule has 0 fully saturated rings. The SMILES string of the molecule is Cc1ccc(C(=O)Oc2ccc3c(c2)O/C(=C/c2cccc(Cl)c2)C3=O)cc1. The molecule has 5 heteroatoms. The number of allylic oxidation sites excluding steroid dienone is 1. The van der Waals surface area contributed by atoms with E-state index in [4.69, 9.17) is 21.1 Å². The molecule has 1 aliphatic heterocycles. The zero-order valence-corrected chi connectivity index (χ0v) is 15.7. The van der Waals surface area contributed by atoms with Gasteiger partial charge >= 0.3 is 5.97 Å². The van der Waals surface area contributed by atoms with Crippen LogP contribution in [0.2, 0.25) is 5.02 Å². The van der Waals surface area contributed by atoms with Gasteiger partial charge in [0.05, 0.1) is 11.1 Å². The third-order valence-corrected chi connectivity index (χ3v) is 4.52. The lowest BCUT2D eigenvalue weighted by atomic mass is 10.1. The van der Waals surface area contributed by atoms with Gasteiger partial charge in [0, 0.05) is 11.1 Å². The fourth-order valence-corrected chi connectivity index (χ4v) is 3.03. The van der Waals surface area contributed by atoms with Gasteiger partial charge in [-0.15, -0.1) is 0 Å². The molecule has 4 rings (SSSR count). The number of aryl methyl sites for hydroxylation is 1. The number of carbonyl (C=O) groups is 2. The number of fused-ring (bicyclic) bond motifs is 1. The summed E-state index contributed by atoms with van der Waals surface area (Å²) < 4.78 is 11.1. The Hall–Kier alpha value is -3.37. The molecule has 0 spiro atoms. The maximum atomic E-state index is 12.5. The molecule has 0 atom stereocenters. The van der Waals surface area contributed by atoms with Crippen molar-refractivity contribution in [2.24, 2.45) is 0 Å². The topological polar surface area (TPSA) is 52.6 Å². The Labute approximate surface area is 167 Å². The first-order valence-corrected chi connectivity index (χ1v) is 9.00. The molecular formula is C23H15ClO4. The third-order valence-electron chi connectivity index (χ3n) is 4.29. The summed E-state index contributed by atoms with van der Waals surface area (Å²) in [4.78, 5) is 24.8. The third kappa shape index (κ3) is 3.68. The molecule has 3 aromatic carbocycles. The first-order valence-electron chi connectivity index (χ1n) is 8.62. The molecule has 1 aliphatic rings. The van der Waals surface area contributed by atoms with Crippen LogP contribution in [0.4, 0.5) is 0 Å². The minimum absolute atomic E-state index is 0.194. The second kappa shape index (κ2) is 7.33. The predicted molar refractivity (Wildman–Crippen MR) is 107 cm³/mol. The number of Topliss-reactive ketones (excluding diaryl/α,β-unsaturated/α-hetero) is 1. The predicted octanol–water partition coefficient (Wildman–Crippen LogP) is 5.48. The lowest BCUT2D eigenvalue weighted by Crippen LogP contribution is -2.08. The standard InChI is InChI=1S/C23H15ClO4/c1-14-5-7-16(8-6-14)23(26)27-18-9-10-19-20(13-18)28-21(22(19)25)12-15-3-2-4-17(24)11-15/h2-13H,1H3/b21-12+. The summed E-state index contributed by atoms with van der Waals surface area (Å²) in [5.41, 5.74) is 2.68. The number of benzene rings is 3. The van der Waals surface area contributed by atoms with Gasteiger partial charge in [0.15, 0.2) is 5.76 Å². The smallest absolute Gasteiger partial charge is 0.343 e. The molecule has 0 saturated heterocycles. The van der Waals surface area contributed by atoms with E-state index in [1.807, 2.05) is 25.1 Å². The Bertz CT molecular complexity index is 1110. The van der Waals surface area contributed by atoms with Crippen LogP contribution in [0.1, 0.15) is 31.8 Å². The van der Waals surface area contributed by atoms with Crippen molar-refractivity contribution in [1.82, 2.24) is 0 Å². The van der Waals surface area contributed by atoms with Crippen LogP contribution in [0.15, 0.2) is 72.5 Å². The molecule has 3 aromatic rings. The van der Waals surface area contributed by atoms with Gasteiger partial charge in [0.1, 0.15) is 11.5 Å². The number of halogens is 1. The zero-order chi connectivity index (χ0) is 19.7. The van der Waals surface area contributed by atoms with Crippen molar-refractivity contribution in [3.05, 3.63) is 99.8 Å². The second-order valence-electron chi connectivity index (χ2n) is 6.41. The van der Waals surface area contributed by atoms with E-state index >= 15 is 0 Å². The molecule has 28 heavy (non-hydrogen) atoms. The molecule has 0 saturated carbocycles. The van der Waals surface area contributed by atoms with E-state index in [1.54, 1.807) is 48.5 Å². The summed E-state index contributed by atoms with van der Waals surface area (Å²) >= 11 is 5.98. The highest BCUT2D eigenvalue weighted by Gasteiger charge is 2.28. The molecule has 4 nitrogen and oxygen atoms in total. The summed E-state index contributed by atoms with van der Waals surface area (Å²) in [5, 5.41) is 0.572. The maximum absolute atomic E-state index is 12.5. The molecule has 1 heterocycles. The molecule has 0 radical (unpaired) electrons. The second-order valence-corrected chi connectivity index (χ2v) is 6.84. The lowest BCUT2D eigenvalue weighted by Gasteiger charge is -2.06. The molecule has 0 aliphatic carbocycles. The summed E-state index contributed by atoms with van der Waals surface area (Å²) in [6.07, 6.45) is 1.63. The highest BCUT2D eigenvalue weighted by Crippen LogP contribution is 2.35. The molecule has 0 aromatic heterocycles. The van der Waals surface area contributed by atoms with Gasteiger partial charge in [-0.05, 0) is 55.0 Å². The van der Waals surface area contributed by atoms with Gasteiger partial charge in [0.2, 0.25) is 5.78 Å². The van der Waals surface area contributed by atoms with E-state index in [-0.39, 0.29) is 11.5 Å². The van der Waals surface area contributed by atoms with Crippen molar-refractivity contribution in [2.75, 3.05) is 0 Å². The van der Waals surface area contributed by atoms with Crippen molar-refractivity contribution in [3.63, 3.8) is 0 Å². The average Bonchev–Trinajstić information content (AvgIpc) is 2.97. The number of hydrogen-bond donors (Lipinski definition) is 0. The highest BCUT2D eigenvalue weighted by molar-refractivity contribution is 6.30. The summed E-state index contributed by atoms with van der Waals surface area (Å²) in [6.45, 7) is 1.94. The van der Waals surface area contributed by atoms with Crippen molar-refractivity contribution < 1.29 is 19.1 Å². The molecule has 0 N–H and O–H groups in total. The Morgan fingerprint density at radius 3 is 2.57 bits per heavy atom. The van der Waals surface area contributed by atoms with Crippen molar-refractivity contribution in [2.45, 2.75) is 6.92 Å². The van der Waals surface area contributed by atoms with Crippen molar-refractivity contribution in [3.8, 4) is 11.5 Å². The van der Waals surface area contributed by atoms with E-state index in [9.17, 15) is 9.59 Å². The lowest BCUT2D eigenvalue weighted by molar-refractivity contribution is 0.0734. The minimum Gasteiger partial charge on any atom is -0.452 e. The Morgan fingerprint density at radius 2 is 1.82 bits per heavy atom. The van der Waals surface area contributed by atoms with Crippen LogP contribution >= 0.6 is 11.6 Å². The first kappa shape index (κ1) is 18.0. The Kier molecular flexibility index (Phi) is 4.72. The van der Waals surface area contributed by atoms with Crippen LogP contribution in [0.3, 0.4) is 0 Å². The Balaban J connectivity index is 1.55. The molecule has 0 bridgehead atoms. The quantitative estimate of drug-likeness (QED) is 0.337. The molecule has 138 valence electrons. The molecule has 0 amide bonds. The Morgan fingerprint density at radius 1 is 1.04 bits per heavy atom. The van der Waals surface area contributed by atoms with Crippen molar-refractivity contribution in [1.29, 1.82) is 0 Å².